The molecule has 0 rings (SSSR count). The van der Waals surface area contributed by atoms with Crippen molar-refractivity contribution in [3.63, 3.8) is 0 Å². The molecule has 0 aromatic rings. The van der Waals surface area contributed by atoms with Crippen molar-refractivity contribution in [1.29, 1.82) is 0 Å². The van der Waals surface area contributed by atoms with Crippen LogP contribution in [0.5, 0.6) is 0 Å². The zero-order valence-electron chi connectivity index (χ0n) is 5.48. The van der Waals surface area contributed by atoms with Gasteiger partial charge in [-0.2, -0.15) is 0 Å². The Hall–Kier alpha value is 1.06. The van der Waals surface area contributed by atoms with Gasteiger partial charge in [-0.3, -0.25) is 0 Å². The van der Waals surface area contributed by atoms with Crippen LogP contribution >= 0.6 is 0 Å². The van der Waals surface area contributed by atoms with Crippen LogP contribution in [0.15, 0.2) is 0 Å². The largest absolute Gasteiger partial charge is 0.373 e. The first kappa shape index (κ1) is 11.8. The van der Waals surface area contributed by atoms with Gasteiger partial charge >= 0.3 is 0 Å². The molecular formula is C6H13NY-2. The van der Waals surface area contributed by atoms with Crippen molar-refractivity contribution in [2.45, 2.75) is 19.4 Å². The van der Waals surface area contributed by atoms with Crippen molar-refractivity contribution in [1.82, 2.24) is 5.32 Å². The molecule has 47 valence electrons. The first-order chi connectivity index (χ1) is 3.31. The van der Waals surface area contributed by atoms with E-state index in [4.69, 9.17) is 0 Å². The Morgan fingerprint density at radius 1 is 1.62 bits per heavy atom. The molecule has 0 saturated carbocycles. The first-order valence-corrected chi connectivity index (χ1v) is 2.67. The summed E-state index contributed by atoms with van der Waals surface area (Å²) in [6, 6.07) is 0.387. The first-order valence-electron chi connectivity index (χ1n) is 2.67. The minimum absolute atomic E-state index is 0. The monoisotopic (exact) mass is 188 g/mol. The van der Waals surface area contributed by atoms with Crippen molar-refractivity contribution >= 4 is 0 Å². The van der Waals surface area contributed by atoms with Crippen LogP contribution in [-0.4, -0.2) is 12.6 Å². The van der Waals surface area contributed by atoms with E-state index in [1.54, 1.807) is 0 Å². The third kappa shape index (κ3) is 7.06. The molecule has 0 saturated heterocycles. The molecule has 0 amide bonds. The molecule has 1 N–H and O–H groups in total. The smallest absolute Gasteiger partial charge is 0 e. The Labute approximate surface area is 77.5 Å². The van der Waals surface area contributed by atoms with E-state index in [-0.39, 0.29) is 32.7 Å². The van der Waals surface area contributed by atoms with Gasteiger partial charge in [0.15, 0.2) is 0 Å². The third-order valence-electron chi connectivity index (χ3n) is 0.926. The topological polar surface area (TPSA) is 12.0 Å². The summed E-state index contributed by atoms with van der Waals surface area (Å²) in [5.74, 6) is 0. The molecule has 1 unspecified atom stereocenters. The fourth-order valence-electron chi connectivity index (χ4n) is 0.348. The molecule has 0 fully saturated rings. The molecule has 1 radical (unpaired) electrons. The molecule has 8 heavy (non-hydrogen) atoms. The standard InChI is InChI=1S/C6H13N.Y/c1-4-6(3)7-5-2;/h6-7H,2-5H2,1H3;/q-2;. The van der Waals surface area contributed by atoms with Crippen molar-refractivity contribution in [3.8, 4) is 0 Å². The Bertz CT molecular complexity index is 39.5. The van der Waals surface area contributed by atoms with Crippen molar-refractivity contribution in [2.24, 2.45) is 0 Å². The van der Waals surface area contributed by atoms with Crippen LogP contribution in [0.1, 0.15) is 13.3 Å². The van der Waals surface area contributed by atoms with Crippen molar-refractivity contribution in [2.75, 3.05) is 6.54 Å². The van der Waals surface area contributed by atoms with Crippen LogP contribution < -0.4 is 5.32 Å². The quantitative estimate of drug-likeness (QED) is 0.652. The molecule has 0 bridgehead atoms. The summed E-state index contributed by atoms with van der Waals surface area (Å²) < 4.78 is 0. The predicted molar refractivity (Wildman–Crippen MR) is 32.8 cm³/mol. The van der Waals surface area contributed by atoms with Gasteiger partial charge < -0.3 is 19.2 Å². The van der Waals surface area contributed by atoms with Crippen LogP contribution in [0.4, 0.5) is 0 Å². The van der Waals surface area contributed by atoms with Gasteiger partial charge in [0.25, 0.3) is 0 Å². The SMILES string of the molecule is [CH2-]CNC([CH2-])CC.[Y]. The zero-order chi connectivity index (χ0) is 5.70. The minimum Gasteiger partial charge on any atom is -0.373 e. The molecule has 0 aliphatic heterocycles. The minimum atomic E-state index is 0. The van der Waals surface area contributed by atoms with E-state index in [2.05, 4.69) is 26.1 Å². The molecular weight excluding hydrogens is 175 g/mol. The molecule has 1 nitrogen and oxygen atoms in total. The average molecular weight is 188 g/mol. The zero-order valence-corrected chi connectivity index (χ0v) is 8.32. The van der Waals surface area contributed by atoms with Gasteiger partial charge in [0.1, 0.15) is 0 Å². The van der Waals surface area contributed by atoms with Crippen LogP contribution in [0.3, 0.4) is 0 Å². The molecule has 0 heterocycles. The van der Waals surface area contributed by atoms with Gasteiger partial charge in [-0.25, -0.2) is 0 Å². The van der Waals surface area contributed by atoms with Gasteiger partial charge in [0.05, 0.1) is 0 Å². The van der Waals surface area contributed by atoms with Crippen LogP contribution in [0.2, 0.25) is 0 Å². The Morgan fingerprint density at radius 3 is 2.25 bits per heavy atom. The van der Waals surface area contributed by atoms with E-state index in [9.17, 15) is 0 Å². The summed E-state index contributed by atoms with van der Waals surface area (Å²) >= 11 is 0. The maximum absolute atomic E-state index is 3.80. The van der Waals surface area contributed by atoms with Gasteiger partial charge in [-0.15, -0.1) is 12.6 Å². The van der Waals surface area contributed by atoms with E-state index in [0.717, 1.165) is 13.0 Å². The normalized spacial score (nSPS) is 12.4. The molecule has 0 aliphatic rings. The maximum Gasteiger partial charge on any atom is 0 e. The second-order valence-electron chi connectivity index (χ2n) is 1.56. The molecule has 0 aromatic carbocycles. The van der Waals surface area contributed by atoms with Crippen LogP contribution in [0, 0.1) is 13.8 Å². The summed E-state index contributed by atoms with van der Waals surface area (Å²) in [4.78, 5) is 0. The van der Waals surface area contributed by atoms with Gasteiger partial charge in [-0.1, -0.05) is 13.3 Å². The van der Waals surface area contributed by atoms with Crippen molar-refractivity contribution in [3.05, 3.63) is 13.8 Å². The number of hydrogen-bond donors (Lipinski definition) is 1. The van der Waals surface area contributed by atoms with Gasteiger partial charge in [-0.05, 0) is 0 Å². The molecule has 2 heteroatoms. The summed E-state index contributed by atoms with van der Waals surface area (Å²) in [5, 5.41) is 3.07. The van der Waals surface area contributed by atoms with Crippen LogP contribution in [0.25, 0.3) is 0 Å². The van der Waals surface area contributed by atoms with E-state index in [0.29, 0.717) is 6.04 Å². The maximum atomic E-state index is 3.80. The van der Waals surface area contributed by atoms with E-state index >= 15 is 0 Å². The fraction of sp³-hybridized carbons (Fsp3) is 0.667. The summed E-state index contributed by atoms with van der Waals surface area (Å²) in [6.07, 6.45) is 1.08. The van der Waals surface area contributed by atoms with Crippen LogP contribution in [-0.2, 0) is 32.7 Å². The number of nitrogens with one attached hydrogen (secondary N) is 1. The Kier molecular flexibility index (Phi) is 11.9. The van der Waals surface area contributed by atoms with E-state index < -0.39 is 0 Å². The number of hydrogen-bond acceptors (Lipinski definition) is 1. The van der Waals surface area contributed by atoms with Crippen molar-refractivity contribution < 1.29 is 32.7 Å². The average Bonchev–Trinajstić information content (AvgIpc) is 1.68. The van der Waals surface area contributed by atoms with E-state index in [1.807, 2.05) is 0 Å². The Balaban J connectivity index is 0. The molecule has 0 spiro atoms. The summed E-state index contributed by atoms with van der Waals surface area (Å²) in [5.41, 5.74) is 0. The number of rotatable bonds is 3. The van der Waals surface area contributed by atoms with Gasteiger partial charge in [0, 0.05) is 32.7 Å². The summed E-state index contributed by atoms with van der Waals surface area (Å²) in [7, 11) is 0. The molecule has 1 atom stereocenters. The van der Waals surface area contributed by atoms with Gasteiger partial charge in [0.2, 0.25) is 0 Å². The second-order valence-corrected chi connectivity index (χ2v) is 1.56. The molecule has 0 aromatic heterocycles. The second kappa shape index (κ2) is 8.06. The Morgan fingerprint density at radius 2 is 2.12 bits per heavy atom. The fourth-order valence-corrected chi connectivity index (χ4v) is 0.348. The van der Waals surface area contributed by atoms with E-state index in [1.165, 1.54) is 0 Å². The predicted octanol–water partition coefficient (Wildman–Crippen LogP) is 1.02. The summed E-state index contributed by atoms with van der Waals surface area (Å²) in [6.45, 7) is 10.3. The molecule has 0 aliphatic carbocycles. The third-order valence-corrected chi connectivity index (χ3v) is 0.926.